The van der Waals surface area contributed by atoms with Crippen LogP contribution >= 0.6 is 0 Å². The van der Waals surface area contributed by atoms with Gasteiger partial charge in [-0.15, -0.1) is 5.10 Å². The molecule has 1 saturated carbocycles. The smallest absolute Gasteiger partial charge is 0.269 e. The van der Waals surface area contributed by atoms with Crippen LogP contribution < -0.4 is 4.90 Å². The van der Waals surface area contributed by atoms with E-state index in [0.29, 0.717) is 6.04 Å². The van der Waals surface area contributed by atoms with Gasteiger partial charge in [-0.25, -0.2) is 4.68 Å². The van der Waals surface area contributed by atoms with Crippen molar-refractivity contribution in [3.63, 3.8) is 0 Å². The van der Waals surface area contributed by atoms with Gasteiger partial charge in [-0.1, -0.05) is 0 Å². The zero-order valence-electron chi connectivity index (χ0n) is 13.3. The summed E-state index contributed by atoms with van der Waals surface area (Å²) in [7, 11) is 0. The Morgan fingerprint density at radius 3 is 2.46 bits per heavy atom. The highest BCUT2D eigenvalue weighted by Gasteiger charge is 2.28. The molecule has 0 bridgehead atoms. The predicted octanol–water partition coefficient (Wildman–Crippen LogP) is 1.24. The molecule has 2 aliphatic rings. The molecule has 2 fully saturated rings. The molecule has 9 nitrogen and oxygen atoms in total. The molecule has 1 aliphatic heterocycles. The van der Waals surface area contributed by atoms with Crippen LogP contribution in [0.15, 0.2) is 24.3 Å². The van der Waals surface area contributed by atoms with Crippen LogP contribution in [0.1, 0.15) is 24.7 Å². The quantitative estimate of drug-likeness (QED) is 0.602. The molecule has 0 amide bonds. The summed E-state index contributed by atoms with van der Waals surface area (Å²) in [5.41, 5.74) is 1.16. The highest BCUT2D eigenvalue weighted by molar-refractivity contribution is 5.51. The average Bonchev–Trinajstić information content (AvgIpc) is 3.35. The largest absolute Gasteiger partial charge is 0.369 e. The number of piperazine rings is 1. The van der Waals surface area contributed by atoms with Crippen molar-refractivity contribution >= 4 is 11.4 Å². The summed E-state index contributed by atoms with van der Waals surface area (Å²) < 4.78 is 1.96. The Labute approximate surface area is 139 Å². The molecule has 1 saturated heterocycles. The van der Waals surface area contributed by atoms with Gasteiger partial charge in [0.25, 0.3) is 5.69 Å². The Balaban J connectivity index is 1.34. The number of hydrogen-bond acceptors (Lipinski definition) is 7. The van der Waals surface area contributed by atoms with Crippen molar-refractivity contribution in [2.24, 2.45) is 0 Å². The SMILES string of the molecule is O=[N+]([O-])c1ccc(N2CCN(Cc3nnnn3C3CC3)CC2)cc1. The number of rotatable bonds is 5. The van der Waals surface area contributed by atoms with Gasteiger partial charge in [0, 0.05) is 44.0 Å². The maximum Gasteiger partial charge on any atom is 0.269 e. The number of hydrogen-bond donors (Lipinski definition) is 0. The molecular weight excluding hydrogens is 310 g/mol. The lowest BCUT2D eigenvalue weighted by Crippen LogP contribution is -2.46. The Morgan fingerprint density at radius 2 is 1.83 bits per heavy atom. The maximum atomic E-state index is 10.7. The first-order valence-electron chi connectivity index (χ1n) is 8.19. The van der Waals surface area contributed by atoms with Gasteiger partial charge in [0.2, 0.25) is 0 Å². The first-order chi connectivity index (χ1) is 11.7. The van der Waals surface area contributed by atoms with E-state index in [1.54, 1.807) is 12.1 Å². The predicted molar refractivity (Wildman–Crippen MR) is 86.7 cm³/mol. The molecule has 0 spiro atoms. The summed E-state index contributed by atoms with van der Waals surface area (Å²) in [5, 5.41) is 22.8. The molecule has 1 aliphatic carbocycles. The first kappa shape index (κ1) is 15.0. The fourth-order valence-electron chi connectivity index (χ4n) is 3.07. The lowest BCUT2D eigenvalue weighted by Gasteiger charge is -2.35. The van der Waals surface area contributed by atoms with Crippen LogP contribution in [0.3, 0.4) is 0 Å². The van der Waals surface area contributed by atoms with Crippen molar-refractivity contribution in [3.8, 4) is 0 Å². The third-order valence-corrected chi connectivity index (χ3v) is 4.62. The van der Waals surface area contributed by atoms with E-state index in [4.69, 9.17) is 0 Å². The van der Waals surface area contributed by atoms with Crippen LogP contribution in [-0.2, 0) is 6.54 Å². The van der Waals surface area contributed by atoms with Gasteiger partial charge in [-0.2, -0.15) is 0 Å². The molecule has 2 aromatic rings. The van der Waals surface area contributed by atoms with Gasteiger partial charge in [0.1, 0.15) is 0 Å². The van der Waals surface area contributed by atoms with E-state index >= 15 is 0 Å². The molecular formula is C15H19N7O2. The van der Waals surface area contributed by atoms with E-state index in [-0.39, 0.29) is 10.6 Å². The number of nitrogens with zero attached hydrogens (tertiary/aromatic N) is 7. The van der Waals surface area contributed by atoms with E-state index in [1.807, 2.05) is 16.8 Å². The van der Waals surface area contributed by atoms with Crippen LogP contribution in [0.4, 0.5) is 11.4 Å². The fourth-order valence-corrected chi connectivity index (χ4v) is 3.07. The second kappa shape index (κ2) is 6.16. The van der Waals surface area contributed by atoms with Crippen LogP contribution in [0, 0.1) is 10.1 Å². The molecule has 24 heavy (non-hydrogen) atoms. The molecule has 126 valence electrons. The molecule has 0 N–H and O–H groups in total. The molecule has 1 aromatic heterocycles. The van der Waals surface area contributed by atoms with Crippen molar-refractivity contribution in [3.05, 3.63) is 40.2 Å². The summed E-state index contributed by atoms with van der Waals surface area (Å²) in [4.78, 5) is 15.0. The summed E-state index contributed by atoms with van der Waals surface area (Å²) in [5.74, 6) is 0.946. The van der Waals surface area contributed by atoms with Gasteiger partial charge in [-0.05, 0) is 35.4 Å². The highest BCUT2D eigenvalue weighted by Crippen LogP contribution is 2.34. The Hall–Kier alpha value is -2.55. The zero-order valence-corrected chi connectivity index (χ0v) is 13.3. The van der Waals surface area contributed by atoms with Crippen LogP contribution in [0.2, 0.25) is 0 Å². The molecule has 0 radical (unpaired) electrons. The minimum Gasteiger partial charge on any atom is -0.369 e. The van der Waals surface area contributed by atoms with Crippen LogP contribution in [0.5, 0.6) is 0 Å². The number of aromatic nitrogens is 4. The Bertz CT molecular complexity index is 718. The number of benzene rings is 1. The second-order valence-corrected chi connectivity index (χ2v) is 6.31. The topological polar surface area (TPSA) is 93.2 Å². The summed E-state index contributed by atoms with van der Waals surface area (Å²) in [6.45, 7) is 4.41. The third-order valence-electron chi connectivity index (χ3n) is 4.62. The van der Waals surface area contributed by atoms with Gasteiger partial charge < -0.3 is 4.90 Å². The summed E-state index contributed by atoms with van der Waals surface area (Å²) >= 11 is 0. The maximum absolute atomic E-state index is 10.7. The normalized spacial score (nSPS) is 18.8. The first-order valence-corrected chi connectivity index (χ1v) is 8.19. The van der Waals surface area contributed by atoms with Crippen molar-refractivity contribution < 1.29 is 4.92 Å². The van der Waals surface area contributed by atoms with Gasteiger partial charge in [0.05, 0.1) is 17.5 Å². The number of tetrazole rings is 1. The summed E-state index contributed by atoms with van der Waals surface area (Å²) in [6.07, 6.45) is 2.35. The van der Waals surface area contributed by atoms with E-state index < -0.39 is 0 Å². The molecule has 0 atom stereocenters. The van der Waals surface area contributed by atoms with Crippen molar-refractivity contribution in [1.29, 1.82) is 0 Å². The van der Waals surface area contributed by atoms with Crippen molar-refractivity contribution in [2.75, 3.05) is 31.1 Å². The number of nitro groups is 1. The lowest BCUT2D eigenvalue weighted by atomic mass is 10.2. The van der Waals surface area contributed by atoms with Crippen molar-refractivity contribution in [1.82, 2.24) is 25.1 Å². The third kappa shape index (κ3) is 3.07. The van der Waals surface area contributed by atoms with Crippen molar-refractivity contribution in [2.45, 2.75) is 25.4 Å². The van der Waals surface area contributed by atoms with E-state index in [9.17, 15) is 10.1 Å². The zero-order chi connectivity index (χ0) is 16.5. The summed E-state index contributed by atoms with van der Waals surface area (Å²) in [6, 6.07) is 7.26. The molecule has 4 rings (SSSR count). The van der Waals surface area contributed by atoms with E-state index in [2.05, 4.69) is 25.3 Å². The van der Waals surface area contributed by atoms with E-state index in [0.717, 1.165) is 44.2 Å². The fraction of sp³-hybridized carbons (Fsp3) is 0.533. The standard InChI is InChI=1S/C15H19N7O2/c23-22(24)14-5-1-12(2-6-14)20-9-7-19(8-10-20)11-15-16-17-18-21(15)13-3-4-13/h1-2,5-6,13H,3-4,7-11H2. The molecule has 9 heteroatoms. The Kier molecular flexibility index (Phi) is 3.85. The van der Waals surface area contributed by atoms with Gasteiger partial charge in [0.15, 0.2) is 5.82 Å². The minimum absolute atomic E-state index is 0.129. The molecule has 1 aromatic carbocycles. The molecule has 2 heterocycles. The second-order valence-electron chi connectivity index (χ2n) is 6.31. The number of non-ortho nitro benzene ring substituents is 1. The van der Waals surface area contributed by atoms with Gasteiger partial charge in [-0.3, -0.25) is 15.0 Å². The van der Waals surface area contributed by atoms with E-state index in [1.165, 1.54) is 12.8 Å². The number of anilines is 1. The molecule has 0 unspecified atom stereocenters. The Morgan fingerprint density at radius 1 is 1.12 bits per heavy atom. The van der Waals surface area contributed by atoms with Crippen LogP contribution in [0.25, 0.3) is 0 Å². The highest BCUT2D eigenvalue weighted by atomic mass is 16.6. The van der Waals surface area contributed by atoms with Gasteiger partial charge >= 0.3 is 0 Å². The average molecular weight is 329 g/mol. The lowest BCUT2D eigenvalue weighted by molar-refractivity contribution is -0.384. The minimum atomic E-state index is -0.369. The number of nitro benzene ring substituents is 1. The van der Waals surface area contributed by atoms with Crippen LogP contribution in [-0.4, -0.2) is 56.2 Å². The monoisotopic (exact) mass is 329 g/mol.